The molecule has 4 heteroatoms. The Bertz CT molecular complexity index is 490. The molecule has 0 unspecified atom stereocenters. The standard InChI is InChI=1S/C13H12ClNO2/c14-11-3-1-10(2-4-11)12-5-7-15-13(12)6-8-17-9-16/h1-5,7,9,15H,6,8H2. The third-order valence-corrected chi connectivity index (χ3v) is 2.78. The minimum Gasteiger partial charge on any atom is -0.467 e. The van der Waals surface area contributed by atoms with Gasteiger partial charge in [-0.1, -0.05) is 23.7 Å². The van der Waals surface area contributed by atoms with Gasteiger partial charge < -0.3 is 9.72 Å². The Morgan fingerprint density at radius 1 is 1.24 bits per heavy atom. The zero-order valence-corrected chi connectivity index (χ0v) is 9.91. The fourth-order valence-electron chi connectivity index (χ4n) is 1.72. The van der Waals surface area contributed by atoms with Crippen LogP contribution >= 0.6 is 11.6 Å². The van der Waals surface area contributed by atoms with Crippen LogP contribution in [0.3, 0.4) is 0 Å². The van der Waals surface area contributed by atoms with Crippen LogP contribution < -0.4 is 0 Å². The molecule has 0 saturated heterocycles. The van der Waals surface area contributed by atoms with Gasteiger partial charge in [0, 0.05) is 28.9 Å². The number of hydrogen-bond acceptors (Lipinski definition) is 2. The molecule has 0 saturated carbocycles. The maximum absolute atomic E-state index is 10.1. The highest BCUT2D eigenvalue weighted by atomic mass is 35.5. The van der Waals surface area contributed by atoms with Gasteiger partial charge in [0.25, 0.3) is 6.47 Å². The summed E-state index contributed by atoms with van der Waals surface area (Å²) in [6, 6.07) is 9.65. The Balaban J connectivity index is 2.18. The fourth-order valence-corrected chi connectivity index (χ4v) is 1.85. The topological polar surface area (TPSA) is 42.1 Å². The number of carbonyl (C=O) groups is 1. The van der Waals surface area contributed by atoms with E-state index < -0.39 is 0 Å². The molecule has 2 rings (SSSR count). The number of H-pyrrole nitrogens is 1. The molecule has 2 aromatic rings. The van der Waals surface area contributed by atoms with Crippen molar-refractivity contribution in [3.63, 3.8) is 0 Å². The average molecular weight is 250 g/mol. The van der Waals surface area contributed by atoms with E-state index in [1.165, 1.54) is 0 Å². The molecule has 0 bridgehead atoms. The third kappa shape index (κ3) is 2.88. The van der Waals surface area contributed by atoms with Gasteiger partial charge in [0.2, 0.25) is 0 Å². The molecule has 3 nitrogen and oxygen atoms in total. The molecule has 1 heterocycles. The van der Waals surface area contributed by atoms with E-state index in [0.29, 0.717) is 19.5 Å². The number of ether oxygens (including phenoxy) is 1. The number of benzene rings is 1. The quantitative estimate of drug-likeness (QED) is 0.654. The second kappa shape index (κ2) is 5.55. The molecule has 0 spiro atoms. The van der Waals surface area contributed by atoms with Crippen molar-refractivity contribution in [3.8, 4) is 11.1 Å². The molecule has 0 aliphatic heterocycles. The molecule has 0 amide bonds. The number of rotatable bonds is 5. The molecule has 1 aromatic carbocycles. The first-order valence-electron chi connectivity index (χ1n) is 5.28. The summed E-state index contributed by atoms with van der Waals surface area (Å²) in [6.07, 6.45) is 2.55. The van der Waals surface area contributed by atoms with E-state index in [2.05, 4.69) is 4.98 Å². The summed E-state index contributed by atoms with van der Waals surface area (Å²) < 4.78 is 4.70. The van der Waals surface area contributed by atoms with Crippen LogP contribution in [0.4, 0.5) is 0 Å². The lowest BCUT2D eigenvalue weighted by Gasteiger charge is -2.04. The van der Waals surface area contributed by atoms with Crippen molar-refractivity contribution in [3.05, 3.63) is 47.2 Å². The Morgan fingerprint density at radius 3 is 2.71 bits per heavy atom. The van der Waals surface area contributed by atoms with Crippen molar-refractivity contribution in [2.75, 3.05) is 6.61 Å². The van der Waals surface area contributed by atoms with Gasteiger partial charge in [-0.15, -0.1) is 0 Å². The SMILES string of the molecule is O=COCCc1[nH]ccc1-c1ccc(Cl)cc1. The monoisotopic (exact) mass is 249 g/mol. The van der Waals surface area contributed by atoms with Crippen LogP contribution in [0.2, 0.25) is 5.02 Å². The Labute approximate surface area is 104 Å². The summed E-state index contributed by atoms with van der Waals surface area (Å²) in [5, 5.41) is 0.718. The lowest BCUT2D eigenvalue weighted by Crippen LogP contribution is -1.98. The zero-order chi connectivity index (χ0) is 12.1. The van der Waals surface area contributed by atoms with E-state index in [9.17, 15) is 4.79 Å². The van der Waals surface area contributed by atoms with Gasteiger partial charge in [0.05, 0.1) is 6.61 Å². The molecule has 17 heavy (non-hydrogen) atoms. The van der Waals surface area contributed by atoms with Gasteiger partial charge in [-0.2, -0.15) is 0 Å². The summed E-state index contributed by atoms with van der Waals surface area (Å²) in [5.74, 6) is 0. The second-order valence-electron chi connectivity index (χ2n) is 3.59. The minimum absolute atomic E-state index is 0.380. The Kier molecular flexibility index (Phi) is 3.83. The fraction of sp³-hybridized carbons (Fsp3) is 0.154. The van der Waals surface area contributed by atoms with Crippen molar-refractivity contribution in [1.82, 2.24) is 4.98 Å². The van der Waals surface area contributed by atoms with Crippen molar-refractivity contribution in [2.45, 2.75) is 6.42 Å². The van der Waals surface area contributed by atoms with Crippen LogP contribution in [0.25, 0.3) is 11.1 Å². The molecule has 1 N–H and O–H groups in total. The Hall–Kier alpha value is -1.74. The van der Waals surface area contributed by atoms with E-state index in [4.69, 9.17) is 16.3 Å². The van der Waals surface area contributed by atoms with Gasteiger partial charge >= 0.3 is 0 Å². The summed E-state index contributed by atoms with van der Waals surface area (Å²) in [4.78, 5) is 13.2. The molecular weight excluding hydrogens is 238 g/mol. The first kappa shape index (κ1) is 11.7. The minimum atomic E-state index is 0.380. The van der Waals surface area contributed by atoms with E-state index in [0.717, 1.165) is 21.8 Å². The lowest BCUT2D eigenvalue weighted by molar-refractivity contribution is -0.128. The molecule has 88 valence electrons. The van der Waals surface area contributed by atoms with Crippen molar-refractivity contribution in [2.24, 2.45) is 0 Å². The van der Waals surface area contributed by atoms with Gasteiger partial charge in [-0.25, -0.2) is 0 Å². The summed E-state index contributed by atoms with van der Waals surface area (Å²) in [5.41, 5.74) is 3.25. The highest BCUT2D eigenvalue weighted by Crippen LogP contribution is 2.24. The predicted molar refractivity (Wildman–Crippen MR) is 67.0 cm³/mol. The van der Waals surface area contributed by atoms with Crippen LogP contribution in [0.5, 0.6) is 0 Å². The van der Waals surface area contributed by atoms with E-state index in [-0.39, 0.29) is 0 Å². The summed E-state index contributed by atoms with van der Waals surface area (Å²) in [6.45, 7) is 0.843. The normalized spacial score (nSPS) is 10.2. The van der Waals surface area contributed by atoms with Gasteiger partial charge in [-0.3, -0.25) is 4.79 Å². The first-order chi connectivity index (χ1) is 8.31. The molecule has 0 aliphatic carbocycles. The number of aromatic nitrogens is 1. The molecular formula is C13H12ClNO2. The molecule has 0 atom stereocenters. The second-order valence-corrected chi connectivity index (χ2v) is 4.03. The molecule has 1 aromatic heterocycles. The van der Waals surface area contributed by atoms with Crippen molar-refractivity contribution in [1.29, 1.82) is 0 Å². The predicted octanol–water partition coefficient (Wildman–Crippen LogP) is 3.05. The highest BCUT2D eigenvalue weighted by Gasteiger charge is 2.06. The Morgan fingerprint density at radius 2 is 2.00 bits per heavy atom. The smallest absolute Gasteiger partial charge is 0.293 e. The molecule has 0 radical (unpaired) electrons. The maximum Gasteiger partial charge on any atom is 0.293 e. The lowest BCUT2D eigenvalue weighted by atomic mass is 10.1. The number of aromatic amines is 1. The van der Waals surface area contributed by atoms with Crippen LogP contribution in [0, 0.1) is 0 Å². The van der Waals surface area contributed by atoms with Gasteiger partial charge in [0.1, 0.15) is 0 Å². The van der Waals surface area contributed by atoms with Crippen LogP contribution in [-0.4, -0.2) is 18.1 Å². The number of carbonyl (C=O) groups excluding carboxylic acids is 1. The molecule has 0 fully saturated rings. The largest absolute Gasteiger partial charge is 0.467 e. The zero-order valence-electron chi connectivity index (χ0n) is 9.15. The average Bonchev–Trinajstić information content (AvgIpc) is 2.79. The van der Waals surface area contributed by atoms with Crippen LogP contribution in [-0.2, 0) is 16.0 Å². The van der Waals surface area contributed by atoms with E-state index in [1.54, 1.807) is 0 Å². The summed E-state index contributed by atoms with van der Waals surface area (Å²) in [7, 11) is 0. The number of halogens is 1. The van der Waals surface area contributed by atoms with Crippen molar-refractivity contribution >= 4 is 18.1 Å². The first-order valence-corrected chi connectivity index (χ1v) is 5.66. The van der Waals surface area contributed by atoms with E-state index >= 15 is 0 Å². The number of hydrogen-bond donors (Lipinski definition) is 1. The van der Waals surface area contributed by atoms with Crippen molar-refractivity contribution < 1.29 is 9.53 Å². The highest BCUT2D eigenvalue weighted by molar-refractivity contribution is 6.30. The maximum atomic E-state index is 10.1. The van der Waals surface area contributed by atoms with Gasteiger partial charge in [-0.05, 0) is 23.8 Å². The van der Waals surface area contributed by atoms with Crippen LogP contribution in [0.1, 0.15) is 5.69 Å². The summed E-state index contributed by atoms with van der Waals surface area (Å²) >= 11 is 5.85. The molecule has 0 aliphatic rings. The van der Waals surface area contributed by atoms with Crippen LogP contribution in [0.15, 0.2) is 36.5 Å². The number of nitrogens with one attached hydrogen (secondary N) is 1. The third-order valence-electron chi connectivity index (χ3n) is 2.53. The van der Waals surface area contributed by atoms with E-state index in [1.807, 2.05) is 36.5 Å². The van der Waals surface area contributed by atoms with Gasteiger partial charge in [0.15, 0.2) is 0 Å².